The first-order valence-corrected chi connectivity index (χ1v) is 14.6. The fraction of sp³-hybridized carbons (Fsp3) is 0.500. The number of halogens is 3. The van der Waals surface area contributed by atoms with E-state index in [1.807, 2.05) is 11.9 Å². The van der Waals surface area contributed by atoms with Crippen molar-refractivity contribution in [1.29, 1.82) is 10.7 Å². The number of alkyl halides is 3. The maximum atomic E-state index is 14.2. The molecule has 11 nitrogen and oxygen atoms in total. The molecule has 2 aromatic rings. The minimum atomic E-state index is -4.65. The SMILES string of the molecule is C=CC(=O)N1CCN(c2nc(OC[C@@H]3CCCN3C)nc3c2CCN(c2c(C(F)(F)F)ccc(N)c2C=N)C3)CC1CC#N. The summed E-state index contributed by atoms with van der Waals surface area (Å²) in [6, 6.07) is 4.21. The van der Waals surface area contributed by atoms with Gasteiger partial charge in [-0.3, -0.25) is 4.79 Å². The summed E-state index contributed by atoms with van der Waals surface area (Å²) < 4.78 is 48.6. The number of piperazine rings is 1. The number of fused-ring (bicyclic) bond motifs is 1. The zero-order chi connectivity index (χ0) is 31.6. The Bertz CT molecular complexity index is 1480. The quantitative estimate of drug-likeness (QED) is 0.262. The van der Waals surface area contributed by atoms with Crippen molar-refractivity contribution in [1.82, 2.24) is 19.8 Å². The molecule has 0 bridgehead atoms. The van der Waals surface area contributed by atoms with E-state index < -0.39 is 17.8 Å². The van der Waals surface area contributed by atoms with Gasteiger partial charge in [0.2, 0.25) is 5.91 Å². The van der Waals surface area contributed by atoms with Gasteiger partial charge in [0.15, 0.2) is 0 Å². The number of nitrogens with one attached hydrogen (secondary N) is 1. The van der Waals surface area contributed by atoms with Crippen LogP contribution in [0.5, 0.6) is 6.01 Å². The van der Waals surface area contributed by atoms with Crippen molar-refractivity contribution in [3.05, 3.63) is 47.2 Å². The van der Waals surface area contributed by atoms with Crippen LogP contribution in [0.3, 0.4) is 0 Å². The minimum absolute atomic E-state index is 0.000603. The van der Waals surface area contributed by atoms with Crippen LogP contribution in [-0.4, -0.2) is 90.4 Å². The summed E-state index contributed by atoms with van der Waals surface area (Å²) in [5.74, 6) is 0.341. The lowest BCUT2D eigenvalue weighted by molar-refractivity contribution is -0.137. The van der Waals surface area contributed by atoms with Gasteiger partial charge >= 0.3 is 12.2 Å². The molecule has 0 saturated carbocycles. The van der Waals surface area contributed by atoms with Gasteiger partial charge in [-0.25, -0.2) is 0 Å². The molecular formula is C30H36F3N9O2. The van der Waals surface area contributed by atoms with Gasteiger partial charge in [-0.2, -0.15) is 28.4 Å². The van der Waals surface area contributed by atoms with E-state index in [0.717, 1.165) is 37.2 Å². The number of hydrogen-bond donors (Lipinski definition) is 2. The maximum Gasteiger partial charge on any atom is 0.418 e. The van der Waals surface area contributed by atoms with Crippen LogP contribution in [0.1, 0.15) is 41.6 Å². The molecule has 2 fully saturated rings. The average Bonchev–Trinajstić information content (AvgIpc) is 3.42. The van der Waals surface area contributed by atoms with Crippen LogP contribution in [0.15, 0.2) is 24.8 Å². The van der Waals surface area contributed by atoms with Crippen LogP contribution in [-0.2, 0) is 23.9 Å². The fourth-order valence-corrected chi connectivity index (χ4v) is 6.35. The average molecular weight is 612 g/mol. The maximum absolute atomic E-state index is 14.2. The molecular weight excluding hydrogens is 575 g/mol. The third kappa shape index (κ3) is 6.14. The molecule has 44 heavy (non-hydrogen) atoms. The summed E-state index contributed by atoms with van der Waals surface area (Å²) >= 11 is 0. The summed E-state index contributed by atoms with van der Waals surface area (Å²) in [5.41, 5.74) is 6.38. The number of hydrogen-bond acceptors (Lipinski definition) is 10. The molecule has 234 valence electrons. The highest BCUT2D eigenvalue weighted by Crippen LogP contribution is 2.42. The Kier molecular flexibility index (Phi) is 8.96. The normalized spacial score (nSPS) is 20.7. The van der Waals surface area contributed by atoms with Crippen molar-refractivity contribution in [3.8, 4) is 12.1 Å². The van der Waals surface area contributed by atoms with Crippen LogP contribution in [0, 0.1) is 16.7 Å². The van der Waals surface area contributed by atoms with E-state index in [-0.39, 0.29) is 54.4 Å². The van der Waals surface area contributed by atoms with Crippen LogP contribution < -0.4 is 20.3 Å². The molecule has 0 aliphatic carbocycles. The third-order valence-corrected chi connectivity index (χ3v) is 8.68. The van der Waals surface area contributed by atoms with Gasteiger partial charge < -0.3 is 35.5 Å². The largest absolute Gasteiger partial charge is 0.462 e. The van der Waals surface area contributed by atoms with E-state index in [2.05, 4.69) is 17.5 Å². The topological polar surface area (TPSA) is 139 Å². The minimum Gasteiger partial charge on any atom is -0.462 e. The molecule has 1 unspecified atom stereocenters. The number of likely N-dealkylation sites (N-methyl/N-ethyl adjacent to an activating group) is 1. The number of benzene rings is 1. The second-order valence-corrected chi connectivity index (χ2v) is 11.3. The fourth-order valence-electron chi connectivity index (χ4n) is 6.35. The van der Waals surface area contributed by atoms with Crippen molar-refractivity contribution in [2.75, 3.05) is 61.9 Å². The molecule has 0 spiro atoms. The zero-order valence-electron chi connectivity index (χ0n) is 24.6. The van der Waals surface area contributed by atoms with E-state index >= 15 is 0 Å². The molecule has 2 atom stereocenters. The number of nitrogens with zero attached hydrogens (tertiary/aromatic N) is 7. The molecule has 14 heteroatoms. The first kappa shape index (κ1) is 31.1. The number of nitrogens with two attached hydrogens (primary N) is 1. The van der Waals surface area contributed by atoms with Gasteiger partial charge in [0.1, 0.15) is 12.4 Å². The standard InChI is InChI=1S/C30H36F3N9O2/c1-3-26(43)42-14-13-41(16-19(42)8-10-34)28-21-9-12-40(27-22(15-35)24(36)7-6-23(27)30(31,32)33)17-25(21)37-29(38-28)44-18-20-5-4-11-39(20)2/h3,6-7,15,19-20,35H,1,4-5,8-9,11-14,16-18,36H2,2H3/t19?,20-/m0/s1. The molecule has 0 radical (unpaired) electrons. The summed E-state index contributed by atoms with van der Waals surface area (Å²) in [4.78, 5) is 29.4. The van der Waals surface area contributed by atoms with Gasteiger partial charge in [-0.1, -0.05) is 6.58 Å². The summed E-state index contributed by atoms with van der Waals surface area (Å²) in [6.45, 7) is 6.27. The van der Waals surface area contributed by atoms with Crippen molar-refractivity contribution < 1.29 is 22.7 Å². The highest BCUT2D eigenvalue weighted by atomic mass is 19.4. The van der Waals surface area contributed by atoms with Crippen molar-refractivity contribution in [3.63, 3.8) is 0 Å². The van der Waals surface area contributed by atoms with Gasteiger partial charge in [-0.15, -0.1) is 0 Å². The lowest BCUT2D eigenvalue weighted by Crippen LogP contribution is -2.55. The molecule has 1 amide bonds. The van der Waals surface area contributed by atoms with E-state index in [1.165, 1.54) is 12.1 Å². The Morgan fingerprint density at radius 3 is 2.68 bits per heavy atom. The number of nitriles is 1. The molecule has 2 saturated heterocycles. The van der Waals surface area contributed by atoms with Gasteiger partial charge in [-0.05, 0) is 51.1 Å². The number of rotatable bonds is 8. The molecule has 4 heterocycles. The first-order valence-electron chi connectivity index (χ1n) is 14.6. The number of aromatic nitrogens is 2. The molecule has 3 N–H and O–H groups in total. The number of nitrogen functional groups attached to an aromatic ring is 1. The number of likely N-dealkylation sites (tertiary alicyclic amines) is 1. The van der Waals surface area contributed by atoms with E-state index in [4.69, 9.17) is 25.8 Å². The number of ether oxygens (including phenoxy) is 1. The predicted octanol–water partition coefficient (Wildman–Crippen LogP) is 3.23. The van der Waals surface area contributed by atoms with Gasteiger partial charge in [0.25, 0.3) is 0 Å². The molecule has 1 aromatic heterocycles. The van der Waals surface area contributed by atoms with Crippen LogP contribution in [0.4, 0.5) is 30.4 Å². The van der Waals surface area contributed by atoms with Crippen LogP contribution >= 0.6 is 0 Å². The van der Waals surface area contributed by atoms with Crippen molar-refractivity contribution >= 4 is 29.3 Å². The highest BCUT2D eigenvalue weighted by Gasteiger charge is 2.39. The highest BCUT2D eigenvalue weighted by molar-refractivity contribution is 5.94. The Morgan fingerprint density at radius 2 is 2.02 bits per heavy atom. The monoisotopic (exact) mass is 611 g/mol. The zero-order valence-corrected chi connectivity index (χ0v) is 24.6. The molecule has 3 aliphatic heterocycles. The lowest BCUT2D eigenvalue weighted by atomic mass is 9.98. The lowest BCUT2D eigenvalue weighted by Gasteiger charge is -2.42. The van der Waals surface area contributed by atoms with E-state index in [1.54, 1.807) is 9.80 Å². The van der Waals surface area contributed by atoms with E-state index in [0.29, 0.717) is 44.2 Å². The Hall–Kier alpha value is -4.38. The number of anilines is 3. The Balaban J connectivity index is 1.53. The Labute approximate surface area is 254 Å². The van der Waals surface area contributed by atoms with E-state index in [9.17, 15) is 23.2 Å². The molecule has 3 aliphatic rings. The number of carbonyl (C=O) groups excluding carboxylic acids is 1. The van der Waals surface area contributed by atoms with Crippen LogP contribution in [0.2, 0.25) is 0 Å². The second-order valence-electron chi connectivity index (χ2n) is 11.3. The van der Waals surface area contributed by atoms with Gasteiger partial charge in [0.05, 0.1) is 42.0 Å². The van der Waals surface area contributed by atoms with Gasteiger partial charge in [0, 0.05) is 55.2 Å². The second kappa shape index (κ2) is 12.7. The summed E-state index contributed by atoms with van der Waals surface area (Å²) in [7, 11) is 2.03. The predicted molar refractivity (Wildman–Crippen MR) is 160 cm³/mol. The van der Waals surface area contributed by atoms with Crippen LogP contribution in [0.25, 0.3) is 0 Å². The molecule has 1 aromatic carbocycles. The third-order valence-electron chi connectivity index (χ3n) is 8.68. The summed E-state index contributed by atoms with van der Waals surface area (Å²) in [6.07, 6.45) is -0.0862. The smallest absolute Gasteiger partial charge is 0.418 e. The molecule has 5 rings (SSSR count). The van der Waals surface area contributed by atoms with Crippen molar-refractivity contribution in [2.45, 2.75) is 50.5 Å². The number of carbonyl (C=O) groups is 1. The van der Waals surface area contributed by atoms with Crippen molar-refractivity contribution in [2.24, 2.45) is 0 Å². The first-order chi connectivity index (χ1) is 21.0. The summed E-state index contributed by atoms with van der Waals surface area (Å²) in [5, 5.41) is 17.3. The number of amides is 1. The Morgan fingerprint density at radius 1 is 1.23 bits per heavy atom.